The molecule has 6 heteroatoms. The highest BCUT2D eigenvalue weighted by atomic mass is 16.7. The van der Waals surface area contributed by atoms with E-state index in [4.69, 9.17) is 24.4 Å². The van der Waals surface area contributed by atoms with Gasteiger partial charge in [-0.3, -0.25) is 5.41 Å². The minimum atomic E-state index is 0.261. The number of nitrogens with zero attached hydrogens (tertiary/aromatic N) is 1. The Bertz CT molecular complexity index is 1120. The molecule has 0 saturated heterocycles. The third kappa shape index (κ3) is 1.95. The average Bonchev–Trinajstić information content (AvgIpc) is 3.12. The molecule has 0 aliphatic carbocycles. The summed E-state index contributed by atoms with van der Waals surface area (Å²) in [6, 6.07) is 10.0. The molecule has 2 aliphatic heterocycles. The van der Waals surface area contributed by atoms with Gasteiger partial charge in [0.05, 0.1) is 25.3 Å². The van der Waals surface area contributed by atoms with Crippen LogP contribution in [0.4, 0.5) is 0 Å². The highest BCUT2D eigenvalue weighted by Crippen LogP contribution is 2.42. The molecule has 5 rings (SSSR count). The predicted molar refractivity (Wildman–Crippen MR) is 96.2 cm³/mol. The van der Waals surface area contributed by atoms with Gasteiger partial charge in [0, 0.05) is 12.1 Å². The fraction of sp³-hybridized carbons (Fsp3) is 0.250. The van der Waals surface area contributed by atoms with E-state index in [2.05, 4.69) is 12.1 Å². The summed E-state index contributed by atoms with van der Waals surface area (Å²) >= 11 is 0. The van der Waals surface area contributed by atoms with E-state index in [-0.39, 0.29) is 6.79 Å². The number of pyridine rings is 1. The van der Waals surface area contributed by atoms with E-state index >= 15 is 0 Å². The van der Waals surface area contributed by atoms with Gasteiger partial charge < -0.3 is 23.5 Å². The zero-order valence-electron chi connectivity index (χ0n) is 14.6. The van der Waals surface area contributed by atoms with Gasteiger partial charge in [0.2, 0.25) is 6.79 Å². The van der Waals surface area contributed by atoms with Gasteiger partial charge >= 0.3 is 0 Å². The lowest BCUT2D eigenvalue weighted by Crippen LogP contribution is -2.26. The maximum atomic E-state index is 8.80. The lowest BCUT2D eigenvalue weighted by Gasteiger charge is -2.24. The van der Waals surface area contributed by atoms with E-state index in [9.17, 15) is 0 Å². The molecular formula is C20H18N2O4. The van der Waals surface area contributed by atoms with Crippen LogP contribution in [0.2, 0.25) is 0 Å². The second kappa shape index (κ2) is 5.42. The summed E-state index contributed by atoms with van der Waals surface area (Å²) in [5.41, 5.74) is 3.74. The molecule has 2 aromatic carbocycles. The van der Waals surface area contributed by atoms with Crippen molar-refractivity contribution in [2.24, 2.45) is 0 Å². The van der Waals surface area contributed by atoms with Crippen molar-refractivity contribution in [1.82, 2.24) is 4.57 Å². The fourth-order valence-corrected chi connectivity index (χ4v) is 3.90. The van der Waals surface area contributed by atoms with Gasteiger partial charge in [-0.2, -0.15) is 0 Å². The number of methoxy groups -OCH3 is 2. The third-order valence-electron chi connectivity index (χ3n) is 5.15. The largest absolute Gasteiger partial charge is 0.493 e. The zero-order chi connectivity index (χ0) is 17.8. The molecule has 6 nitrogen and oxygen atoms in total. The lowest BCUT2D eigenvalue weighted by molar-refractivity contribution is 0.174. The van der Waals surface area contributed by atoms with Gasteiger partial charge in [0.1, 0.15) is 5.49 Å². The molecule has 132 valence electrons. The fourth-order valence-electron chi connectivity index (χ4n) is 3.90. The van der Waals surface area contributed by atoms with Crippen LogP contribution in [0.1, 0.15) is 5.56 Å². The third-order valence-corrected chi connectivity index (χ3v) is 5.15. The first-order valence-corrected chi connectivity index (χ1v) is 8.47. The van der Waals surface area contributed by atoms with Crippen LogP contribution in [-0.2, 0) is 13.0 Å². The number of nitrogens with one attached hydrogen (secondary N) is 1. The van der Waals surface area contributed by atoms with Crippen LogP contribution >= 0.6 is 0 Å². The molecule has 0 atom stereocenters. The standard InChI is InChI=1S/C20H18N2O4/c1-23-15-4-3-12-7-14-13-9-17-16(25-10-26-17)8-11(13)5-6-22(14)20(21)18(12)19(15)24-2/h3-4,7-9,21H,5-6,10H2,1-2H3. The van der Waals surface area contributed by atoms with Crippen molar-refractivity contribution >= 4 is 10.8 Å². The molecule has 1 aromatic heterocycles. The molecule has 2 aliphatic rings. The summed E-state index contributed by atoms with van der Waals surface area (Å²) in [6.45, 7) is 0.994. The van der Waals surface area contributed by atoms with E-state index in [0.29, 0.717) is 17.0 Å². The Hall–Kier alpha value is -3.15. The Morgan fingerprint density at radius 3 is 2.62 bits per heavy atom. The highest BCUT2D eigenvalue weighted by molar-refractivity contribution is 5.92. The van der Waals surface area contributed by atoms with Gasteiger partial charge in [0.15, 0.2) is 23.0 Å². The molecular weight excluding hydrogens is 332 g/mol. The molecule has 0 fully saturated rings. The quantitative estimate of drug-likeness (QED) is 0.771. The van der Waals surface area contributed by atoms with E-state index < -0.39 is 0 Å². The maximum absolute atomic E-state index is 8.80. The monoisotopic (exact) mass is 350 g/mol. The predicted octanol–water partition coefficient (Wildman–Crippen LogP) is 3.09. The van der Waals surface area contributed by atoms with Crippen molar-refractivity contribution in [2.75, 3.05) is 21.0 Å². The SMILES string of the molecule is COc1ccc2cc3n(c(=N)c2c1OC)CCc1cc2c(cc1-3)OCO2. The first-order chi connectivity index (χ1) is 12.7. The minimum Gasteiger partial charge on any atom is -0.493 e. The van der Waals surface area contributed by atoms with Crippen molar-refractivity contribution < 1.29 is 18.9 Å². The molecule has 0 spiro atoms. The van der Waals surface area contributed by atoms with E-state index in [1.165, 1.54) is 5.56 Å². The number of hydrogen-bond donors (Lipinski definition) is 1. The van der Waals surface area contributed by atoms with Crippen LogP contribution in [0, 0.1) is 5.41 Å². The lowest BCUT2D eigenvalue weighted by atomic mass is 9.95. The topological polar surface area (TPSA) is 65.7 Å². The van der Waals surface area contributed by atoms with Gasteiger partial charge in [-0.05, 0) is 41.6 Å². The summed E-state index contributed by atoms with van der Waals surface area (Å²) in [5, 5.41) is 10.5. The van der Waals surface area contributed by atoms with Gasteiger partial charge in [-0.15, -0.1) is 0 Å². The summed E-state index contributed by atoms with van der Waals surface area (Å²) in [6.07, 6.45) is 0.841. The van der Waals surface area contributed by atoms with Crippen molar-refractivity contribution in [3.05, 3.63) is 41.4 Å². The van der Waals surface area contributed by atoms with Crippen LogP contribution in [-0.4, -0.2) is 25.6 Å². The molecule has 0 bridgehead atoms. The molecule has 3 aromatic rings. The van der Waals surface area contributed by atoms with Crippen LogP contribution in [0.5, 0.6) is 23.0 Å². The Kier molecular flexibility index (Phi) is 3.16. The van der Waals surface area contributed by atoms with Crippen LogP contribution in [0.15, 0.2) is 30.3 Å². The Balaban J connectivity index is 1.82. The first kappa shape index (κ1) is 15.1. The number of aryl methyl sites for hydroxylation is 1. The Morgan fingerprint density at radius 2 is 1.85 bits per heavy atom. The second-order valence-electron chi connectivity index (χ2n) is 6.41. The maximum Gasteiger partial charge on any atom is 0.231 e. The Morgan fingerprint density at radius 1 is 1.04 bits per heavy atom. The molecule has 1 N–H and O–H groups in total. The van der Waals surface area contributed by atoms with Gasteiger partial charge in [0.25, 0.3) is 0 Å². The van der Waals surface area contributed by atoms with Crippen molar-refractivity contribution in [3.8, 4) is 34.3 Å². The molecule has 26 heavy (non-hydrogen) atoms. The molecule has 0 amide bonds. The Labute approximate surface area is 150 Å². The van der Waals surface area contributed by atoms with Crippen LogP contribution < -0.4 is 24.4 Å². The van der Waals surface area contributed by atoms with E-state index in [1.54, 1.807) is 14.2 Å². The number of rotatable bonds is 2. The first-order valence-electron chi connectivity index (χ1n) is 8.47. The molecule has 0 saturated carbocycles. The van der Waals surface area contributed by atoms with Crippen LogP contribution in [0.25, 0.3) is 22.0 Å². The molecule has 3 heterocycles. The smallest absolute Gasteiger partial charge is 0.231 e. The van der Waals surface area contributed by atoms with Crippen LogP contribution in [0.3, 0.4) is 0 Å². The number of fused-ring (bicyclic) bond motifs is 5. The van der Waals surface area contributed by atoms with Crippen molar-refractivity contribution in [1.29, 1.82) is 5.41 Å². The van der Waals surface area contributed by atoms with Gasteiger partial charge in [-0.1, -0.05) is 6.07 Å². The number of hydrogen-bond acceptors (Lipinski definition) is 5. The van der Waals surface area contributed by atoms with Crippen molar-refractivity contribution in [3.63, 3.8) is 0 Å². The summed E-state index contributed by atoms with van der Waals surface area (Å²) < 4.78 is 24.0. The summed E-state index contributed by atoms with van der Waals surface area (Å²) in [5.74, 6) is 2.79. The summed E-state index contributed by atoms with van der Waals surface area (Å²) in [7, 11) is 3.22. The average molecular weight is 350 g/mol. The summed E-state index contributed by atoms with van der Waals surface area (Å²) in [4.78, 5) is 0. The zero-order valence-corrected chi connectivity index (χ0v) is 14.6. The van der Waals surface area contributed by atoms with E-state index in [1.807, 2.05) is 22.8 Å². The van der Waals surface area contributed by atoms with E-state index in [0.717, 1.165) is 46.5 Å². The molecule has 0 radical (unpaired) electrons. The van der Waals surface area contributed by atoms with Gasteiger partial charge in [-0.25, -0.2) is 0 Å². The number of ether oxygens (including phenoxy) is 4. The number of aromatic nitrogens is 1. The van der Waals surface area contributed by atoms with Crippen molar-refractivity contribution in [2.45, 2.75) is 13.0 Å². The normalized spacial score (nSPS) is 14.1. The minimum absolute atomic E-state index is 0.261. The highest BCUT2D eigenvalue weighted by Gasteiger charge is 2.24. The number of benzene rings is 2. The molecule has 0 unspecified atom stereocenters. The second-order valence-corrected chi connectivity index (χ2v) is 6.41.